The molecule has 0 aromatic rings. The quantitative estimate of drug-likeness (QED) is 0.0328. The number of hydrogen-bond donors (Lipinski definition) is 4. The molecule has 2 rings (SSSR count). The van der Waals surface area contributed by atoms with Crippen molar-refractivity contribution in [3.63, 3.8) is 0 Å². The highest BCUT2D eigenvalue weighted by molar-refractivity contribution is 8.93. The molecule has 0 bridgehead atoms. The maximum absolute atomic E-state index is 13.6. The number of amides is 6. The molecule has 6 N–H and O–H groups in total. The Morgan fingerprint density at radius 3 is 1.25 bits per heavy atom. The highest BCUT2D eigenvalue weighted by Gasteiger charge is 2.38. The smallest absolute Gasteiger partial charge is 0.407 e. The molecule has 61 heavy (non-hydrogen) atoms. The lowest BCUT2D eigenvalue weighted by Gasteiger charge is -2.25. The van der Waals surface area contributed by atoms with E-state index in [1.54, 1.807) is 89.6 Å². The van der Waals surface area contributed by atoms with Gasteiger partial charge in [0.15, 0.2) is 11.6 Å². The van der Waals surface area contributed by atoms with Crippen LogP contribution in [0.4, 0.5) is 9.59 Å². The van der Waals surface area contributed by atoms with Crippen LogP contribution in [0.25, 0.3) is 0 Å². The van der Waals surface area contributed by atoms with Crippen molar-refractivity contribution in [2.75, 3.05) is 39.3 Å². The number of primary amides is 2. The van der Waals surface area contributed by atoms with E-state index in [0.717, 1.165) is 25.7 Å². The summed E-state index contributed by atoms with van der Waals surface area (Å²) in [6.07, 6.45) is 5.85. The number of ketones is 2. The van der Waals surface area contributed by atoms with Gasteiger partial charge >= 0.3 is 12.2 Å². The number of alkyl carbamates (subject to hydrolysis) is 2. The fourth-order valence-electron chi connectivity index (χ4n) is 6.32. The van der Waals surface area contributed by atoms with E-state index in [2.05, 4.69) is 10.6 Å². The highest BCUT2D eigenvalue weighted by Crippen LogP contribution is 2.58. The Morgan fingerprint density at radius 2 is 0.902 bits per heavy atom. The summed E-state index contributed by atoms with van der Waals surface area (Å²) in [5.41, 5.74) is 9.80. The number of carbonyl (C=O) groups excluding carboxylic acids is 8. The van der Waals surface area contributed by atoms with Crippen molar-refractivity contribution in [2.24, 2.45) is 23.3 Å². The third-order valence-electron chi connectivity index (χ3n) is 9.51. The van der Waals surface area contributed by atoms with Gasteiger partial charge in [-0.05, 0) is 86.5 Å². The molecule has 348 valence electrons. The number of unbranched alkanes of at least 4 members (excludes halogenated alkanes) is 4. The zero-order chi connectivity index (χ0) is 45.6. The Labute approximate surface area is 377 Å². The second-order valence-corrected chi connectivity index (χ2v) is 23.2. The summed E-state index contributed by atoms with van der Waals surface area (Å²) in [6, 6.07) is 0. The lowest BCUT2D eigenvalue weighted by atomic mass is 10.0. The monoisotopic (exact) mass is 934 g/mol. The Balaban J connectivity index is 1.95. The van der Waals surface area contributed by atoms with Crippen molar-refractivity contribution < 1.29 is 47.8 Å². The molecule has 2 saturated heterocycles. The van der Waals surface area contributed by atoms with Gasteiger partial charge in [-0.2, -0.15) is 0 Å². The highest BCUT2D eigenvalue weighted by atomic mass is 33.2. The van der Waals surface area contributed by atoms with E-state index in [4.69, 9.17) is 20.9 Å². The van der Waals surface area contributed by atoms with Gasteiger partial charge in [-0.3, -0.25) is 28.8 Å². The van der Waals surface area contributed by atoms with Crippen LogP contribution >= 0.6 is 43.2 Å². The van der Waals surface area contributed by atoms with Crippen LogP contribution in [0.15, 0.2) is 0 Å². The average molecular weight is 935 g/mol. The van der Waals surface area contributed by atoms with Gasteiger partial charge in [0.25, 0.3) is 0 Å². The lowest BCUT2D eigenvalue weighted by molar-refractivity contribution is -0.139. The third kappa shape index (κ3) is 26.4. The van der Waals surface area contributed by atoms with Crippen LogP contribution in [-0.4, -0.2) is 117 Å². The molecule has 2 aliphatic heterocycles. The predicted molar refractivity (Wildman–Crippen MR) is 244 cm³/mol. The maximum Gasteiger partial charge on any atom is 0.407 e. The van der Waals surface area contributed by atoms with Gasteiger partial charge in [0.2, 0.25) is 23.6 Å². The maximum atomic E-state index is 13.6. The van der Waals surface area contributed by atoms with Gasteiger partial charge in [0, 0.05) is 51.9 Å². The van der Waals surface area contributed by atoms with Crippen molar-refractivity contribution in [1.29, 1.82) is 0 Å². The summed E-state index contributed by atoms with van der Waals surface area (Å²) in [5, 5.41) is 5.38. The number of nitrogens with one attached hydrogen (secondary N) is 2. The molecule has 2 heterocycles. The number of nitrogens with zero attached hydrogens (tertiary/aromatic N) is 2. The molecule has 0 spiro atoms. The largest absolute Gasteiger partial charge is 0.444 e. The predicted octanol–water partition coefficient (Wildman–Crippen LogP) is 6.33. The number of carbonyl (C=O) groups is 8. The van der Waals surface area contributed by atoms with Gasteiger partial charge in [0.1, 0.15) is 11.2 Å². The molecule has 0 radical (unpaired) electrons. The molecular weight excluding hydrogens is 865 g/mol. The molecule has 0 saturated carbocycles. The van der Waals surface area contributed by atoms with Gasteiger partial charge in [-0.1, -0.05) is 68.9 Å². The van der Waals surface area contributed by atoms with Crippen molar-refractivity contribution in [3.05, 3.63) is 0 Å². The van der Waals surface area contributed by atoms with E-state index < -0.39 is 29.3 Å². The average Bonchev–Trinajstić information content (AvgIpc) is 4.08. The molecule has 6 amide bonds. The van der Waals surface area contributed by atoms with E-state index in [1.807, 2.05) is 0 Å². The summed E-state index contributed by atoms with van der Waals surface area (Å²) in [7, 11) is 6.58. The van der Waals surface area contributed by atoms with Crippen molar-refractivity contribution >= 4 is 90.6 Å². The van der Waals surface area contributed by atoms with E-state index in [0.29, 0.717) is 51.6 Å². The zero-order valence-electron chi connectivity index (χ0n) is 36.9. The molecule has 16 nitrogen and oxygen atoms in total. The fourth-order valence-corrected chi connectivity index (χ4v) is 10.1. The minimum Gasteiger partial charge on any atom is -0.444 e. The van der Waals surface area contributed by atoms with Crippen molar-refractivity contribution in [3.8, 4) is 0 Å². The molecular formula is C41H70N6O10S4. The fraction of sp³-hybridized carbons (Fsp3) is 0.805. The minimum atomic E-state index is -0.654. The Bertz CT molecular complexity index is 1380. The first-order chi connectivity index (χ1) is 28.6. The normalized spacial score (nSPS) is 14.9. The van der Waals surface area contributed by atoms with Gasteiger partial charge in [-0.25, -0.2) is 9.59 Å². The first kappa shape index (κ1) is 54.3. The summed E-state index contributed by atoms with van der Waals surface area (Å²) in [6.45, 7) is 11.3. The molecule has 0 aliphatic carbocycles. The number of nitrogens with two attached hydrogens (primary N) is 2. The Hall–Kier alpha value is -2.84. The van der Waals surface area contributed by atoms with Crippen LogP contribution in [0.2, 0.25) is 0 Å². The summed E-state index contributed by atoms with van der Waals surface area (Å²) < 4.78 is 11.0. The first-order valence-electron chi connectivity index (χ1n) is 21.4. The SMILES string of the molecule is CC(C)(C)OC(=O)NCCCN(CCCNC(=O)OC(C)(C)C)C(=O)CCCC(=O)N(CC(=O)CCCCC[C@@H](C(N)=O)C1SS1)CC(=O)CCCCC[C@@H](C(N)=O)C1SS1. The standard InChI is InChI=1S/C41H70N6O10S4/c1-40(2,3)56-38(54)44-22-14-24-46(25-15-23-45-39(55)57-41(4,5)6)32(50)20-13-21-33(51)47(26-28(48)16-9-7-11-18-30(34(42)52)36-58-59-36)27-29(49)17-10-8-12-19-31(35(43)53)37-60-61-37/h30-31,36-37H,7-27H2,1-6H3,(H2,42,52)(H2,43,53)(H,44,54)(H,45,55)/t30-,31-/m0/s1. The van der Waals surface area contributed by atoms with E-state index >= 15 is 0 Å². The molecule has 2 fully saturated rings. The van der Waals surface area contributed by atoms with E-state index in [1.165, 1.54) is 4.90 Å². The van der Waals surface area contributed by atoms with Gasteiger partial charge in [0.05, 0.1) is 34.1 Å². The van der Waals surface area contributed by atoms with Crippen molar-refractivity contribution in [2.45, 2.75) is 158 Å². The van der Waals surface area contributed by atoms with Crippen molar-refractivity contribution in [1.82, 2.24) is 20.4 Å². The molecule has 0 aromatic heterocycles. The second-order valence-electron chi connectivity index (χ2n) is 17.5. The molecule has 2 atom stereocenters. The van der Waals surface area contributed by atoms with Crippen LogP contribution in [0.1, 0.15) is 138 Å². The van der Waals surface area contributed by atoms with Crippen LogP contribution < -0.4 is 22.1 Å². The zero-order valence-corrected chi connectivity index (χ0v) is 40.2. The number of ether oxygens (including phenoxy) is 2. The Morgan fingerprint density at radius 1 is 0.525 bits per heavy atom. The first-order valence-corrected chi connectivity index (χ1v) is 26.0. The summed E-state index contributed by atoms with van der Waals surface area (Å²) >= 11 is 0. The number of rotatable bonds is 32. The summed E-state index contributed by atoms with van der Waals surface area (Å²) in [5.74, 6) is -1.93. The van der Waals surface area contributed by atoms with E-state index in [-0.39, 0.29) is 109 Å². The molecule has 0 aromatic carbocycles. The minimum absolute atomic E-state index is 0.0365. The second kappa shape index (κ2) is 28.1. The van der Waals surface area contributed by atoms with Gasteiger partial charge in [-0.15, -0.1) is 0 Å². The van der Waals surface area contributed by atoms with Crippen LogP contribution in [0, 0.1) is 11.8 Å². The van der Waals surface area contributed by atoms with Crippen LogP contribution in [0.5, 0.6) is 0 Å². The van der Waals surface area contributed by atoms with Crippen LogP contribution in [-0.2, 0) is 38.2 Å². The summed E-state index contributed by atoms with van der Waals surface area (Å²) in [4.78, 5) is 104. The van der Waals surface area contributed by atoms with E-state index in [9.17, 15) is 38.4 Å². The Kier molecular flexibility index (Phi) is 25.0. The number of Topliss-reactive ketones (excluding diaryl/α,β-unsaturated/α-hetero) is 2. The molecule has 20 heteroatoms. The van der Waals surface area contributed by atoms with Gasteiger partial charge < -0.3 is 41.4 Å². The topological polar surface area (TPSA) is 238 Å². The lowest BCUT2D eigenvalue weighted by Crippen LogP contribution is -2.40. The molecule has 0 unspecified atom stereocenters. The number of hydrogen-bond acceptors (Lipinski definition) is 14. The third-order valence-corrected chi connectivity index (χ3v) is 14.1. The van der Waals surface area contributed by atoms with Crippen LogP contribution in [0.3, 0.4) is 0 Å². The molecule has 2 aliphatic rings.